The summed E-state index contributed by atoms with van der Waals surface area (Å²) in [6.07, 6.45) is 2.38. The standard InChI is InChI=1S/C15H23N3OS2/c1-15(2,3)18-12(19)8-9-17-10-6-5-7-11(21-4)13(10)14(16)20/h5-7,17H,8-9H2,1-4H3,(H2,16,20)(H,18,19). The number of amides is 1. The van der Waals surface area contributed by atoms with Crippen LogP contribution in [0.4, 0.5) is 5.69 Å². The molecule has 0 spiro atoms. The van der Waals surface area contributed by atoms with Gasteiger partial charge in [0, 0.05) is 34.7 Å². The summed E-state index contributed by atoms with van der Waals surface area (Å²) in [7, 11) is 0. The van der Waals surface area contributed by atoms with E-state index in [9.17, 15) is 4.79 Å². The summed E-state index contributed by atoms with van der Waals surface area (Å²) in [5, 5.41) is 6.18. The van der Waals surface area contributed by atoms with Crippen molar-refractivity contribution in [1.29, 1.82) is 0 Å². The van der Waals surface area contributed by atoms with Gasteiger partial charge < -0.3 is 16.4 Å². The number of anilines is 1. The van der Waals surface area contributed by atoms with Crippen molar-refractivity contribution in [1.82, 2.24) is 5.32 Å². The lowest BCUT2D eigenvalue weighted by molar-refractivity contribution is -0.122. The van der Waals surface area contributed by atoms with Crippen molar-refractivity contribution in [2.45, 2.75) is 37.6 Å². The van der Waals surface area contributed by atoms with Crippen molar-refractivity contribution in [2.24, 2.45) is 5.73 Å². The summed E-state index contributed by atoms with van der Waals surface area (Å²) in [4.78, 5) is 13.2. The van der Waals surface area contributed by atoms with E-state index in [-0.39, 0.29) is 11.4 Å². The van der Waals surface area contributed by atoms with E-state index in [1.54, 1.807) is 11.8 Å². The number of thiocarbonyl (C=S) groups is 1. The van der Waals surface area contributed by atoms with E-state index in [2.05, 4.69) is 10.6 Å². The van der Waals surface area contributed by atoms with Gasteiger partial charge >= 0.3 is 0 Å². The molecule has 0 heterocycles. The summed E-state index contributed by atoms with van der Waals surface area (Å²) < 4.78 is 0. The van der Waals surface area contributed by atoms with Crippen molar-refractivity contribution in [2.75, 3.05) is 18.1 Å². The van der Waals surface area contributed by atoms with E-state index in [1.807, 2.05) is 45.2 Å². The highest BCUT2D eigenvalue weighted by molar-refractivity contribution is 7.98. The molecule has 0 atom stereocenters. The van der Waals surface area contributed by atoms with Gasteiger partial charge in [-0.2, -0.15) is 0 Å². The predicted octanol–water partition coefficient (Wildman–Crippen LogP) is 2.76. The van der Waals surface area contributed by atoms with Crippen LogP contribution in [0.1, 0.15) is 32.8 Å². The van der Waals surface area contributed by atoms with Crippen LogP contribution in [0.25, 0.3) is 0 Å². The smallest absolute Gasteiger partial charge is 0.222 e. The quantitative estimate of drug-likeness (QED) is 0.554. The third-order valence-corrected chi connectivity index (χ3v) is 3.66. The normalized spacial score (nSPS) is 11.0. The molecule has 0 aliphatic heterocycles. The first kappa shape index (κ1) is 17.8. The Morgan fingerprint density at radius 3 is 2.57 bits per heavy atom. The van der Waals surface area contributed by atoms with Crippen molar-refractivity contribution in [3.05, 3.63) is 23.8 Å². The van der Waals surface area contributed by atoms with Gasteiger partial charge in [0.15, 0.2) is 0 Å². The summed E-state index contributed by atoms with van der Waals surface area (Å²) in [6.45, 7) is 6.43. The van der Waals surface area contributed by atoms with Crippen molar-refractivity contribution in [3.63, 3.8) is 0 Å². The molecule has 0 radical (unpaired) electrons. The largest absolute Gasteiger partial charge is 0.389 e. The van der Waals surface area contributed by atoms with Crippen LogP contribution in [-0.2, 0) is 4.79 Å². The van der Waals surface area contributed by atoms with Crippen LogP contribution in [0.2, 0.25) is 0 Å². The zero-order valence-corrected chi connectivity index (χ0v) is 14.6. The van der Waals surface area contributed by atoms with E-state index in [4.69, 9.17) is 18.0 Å². The number of carbonyl (C=O) groups excluding carboxylic acids is 1. The molecule has 0 aliphatic carbocycles. The van der Waals surface area contributed by atoms with Crippen LogP contribution in [0.15, 0.2) is 23.1 Å². The first-order valence-electron chi connectivity index (χ1n) is 6.76. The first-order chi connectivity index (χ1) is 9.74. The lowest BCUT2D eigenvalue weighted by Crippen LogP contribution is -2.41. The second kappa shape index (κ2) is 7.66. The molecule has 0 unspecified atom stereocenters. The number of hydrogen-bond acceptors (Lipinski definition) is 4. The number of carbonyl (C=O) groups is 1. The highest BCUT2D eigenvalue weighted by Gasteiger charge is 2.14. The average Bonchev–Trinajstić information content (AvgIpc) is 2.35. The van der Waals surface area contributed by atoms with Gasteiger partial charge in [-0.1, -0.05) is 18.3 Å². The molecule has 21 heavy (non-hydrogen) atoms. The number of hydrogen-bond donors (Lipinski definition) is 3. The van der Waals surface area contributed by atoms with Gasteiger partial charge in [0.25, 0.3) is 0 Å². The van der Waals surface area contributed by atoms with Crippen molar-refractivity contribution in [3.8, 4) is 0 Å². The average molecular weight is 326 g/mol. The van der Waals surface area contributed by atoms with Gasteiger partial charge in [-0.25, -0.2) is 0 Å². The minimum atomic E-state index is -0.208. The molecular formula is C15H23N3OS2. The Bertz CT molecular complexity index is 524. The lowest BCUT2D eigenvalue weighted by atomic mass is 10.1. The van der Waals surface area contributed by atoms with Crippen molar-refractivity contribution >= 4 is 40.6 Å². The maximum Gasteiger partial charge on any atom is 0.222 e. The molecule has 1 aromatic rings. The fourth-order valence-corrected chi connectivity index (χ4v) is 2.82. The molecular weight excluding hydrogens is 302 g/mol. The highest BCUT2D eigenvalue weighted by Crippen LogP contribution is 2.27. The third-order valence-electron chi connectivity index (χ3n) is 2.67. The van der Waals surface area contributed by atoms with Crippen LogP contribution in [0.5, 0.6) is 0 Å². The van der Waals surface area contributed by atoms with Gasteiger partial charge in [-0.3, -0.25) is 4.79 Å². The zero-order valence-electron chi connectivity index (χ0n) is 12.9. The number of nitrogens with two attached hydrogens (primary N) is 1. The molecule has 0 saturated carbocycles. The van der Waals surface area contributed by atoms with Gasteiger partial charge in [-0.15, -0.1) is 11.8 Å². The molecule has 0 saturated heterocycles. The van der Waals surface area contributed by atoms with E-state index >= 15 is 0 Å². The molecule has 0 fully saturated rings. The third kappa shape index (κ3) is 5.93. The molecule has 116 valence electrons. The fraction of sp³-hybridized carbons (Fsp3) is 0.467. The Morgan fingerprint density at radius 1 is 1.38 bits per heavy atom. The van der Waals surface area contributed by atoms with Crippen LogP contribution in [0, 0.1) is 0 Å². The van der Waals surface area contributed by atoms with Crippen LogP contribution < -0.4 is 16.4 Å². The summed E-state index contributed by atoms with van der Waals surface area (Å²) in [6, 6.07) is 5.86. The minimum absolute atomic E-state index is 0.0212. The fourth-order valence-electron chi connectivity index (χ4n) is 1.89. The Labute approximate surface area is 136 Å². The Balaban J connectivity index is 2.68. The van der Waals surface area contributed by atoms with Crippen LogP contribution >= 0.6 is 24.0 Å². The number of thioether (sulfide) groups is 1. The van der Waals surface area contributed by atoms with Crippen molar-refractivity contribution < 1.29 is 4.79 Å². The molecule has 4 nitrogen and oxygen atoms in total. The van der Waals surface area contributed by atoms with Gasteiger partial charge in [-0.05, 0) is 39.2 Å². The van der Waals surface area contributed by atoms with Gasteiger partial charge in [0.2, 0.25) is 5.91 Å². The summed E-state index contributed by atoms with van der Waals surface area (Å²) in [5.41, 5.74) is 7.31. The molecule has 4 N–H and O–H groups in total. The predicted molar refractivity (Wildman–Crippen MR) is 95.1 cm³/mol. The van der Waals surface area contributed by atoms with E-state index in [1.165, 1.54) is 0 Å². The first-order valence-corrected chi connectivity index (χ1v) is 8.39. The van der Waals surface area contributed by atoms with Crippen LogP contribution in [0.3, 0.4) is 0 Å². The summed E-state index contributed by atoms with van der Waals surface area (Å²) in [5.74, 6) is 0.0212. The number of rotatable bonds is 6. The monoisotopic (exact) mass is 325 g/mol. The van der Waals surface area contributed by atoms with Crippen LogP contribution in [-0.4, -0.2) is 29.2 Å². The molecule has 1 amide bonds. The molecule has 1 aromatic carbocycles. The molecule has 0 aromatic heterocycles. The molecule has 0 aliphatic rings. The number of benzene rings is 1. The minimum Gasteiger partial charge on any atom is -0.389 e. The number of nitrogens with one attached hydrogen (secondary N) is 2. The maximum absolute atomic E-state index is 11.8. The maximum atomic E-state index is 11.8. The van der Waals surface area contributed by atoms with E-state index < -0.39 is 0 Å². The SMILES string of the molecule is CSc1cccc(NCCC(=O)NC(C)(C)C)c1C(N)=S. The molecule has 1 rings (SSSR count). The topological polar surface area (TPSA) is 67.2 Å². The molecule has 0 bridgehead atoms. The zero-order chi connectivity index (χ0) is 16.0. The second-order valence-corrected chi connectivity index (χ2v) is 7.01. The van der Waals surface area contributed by atoms with Gasteiger partial charge in [0.05, 0.1) is 0 Å². The van der Waals surface area contributed by atoms with E-state index in [0.29, 0.717) is 18.0 Å². The Kier molecular flexibility index (Phi) is 6.48. The lowest BCUT2D eigenvalue weighted by Gasteiger charge is -2.21. The second-order valence-electron chi connectivity index (χ2n) is 5.72. The van der Waals surface area contributed by atoms with Gasteiger partial charge in [0.1, 0.15) is 4.99 Å². The highest BCUT2D eigenvalue weighted by atomic mass is 32.2. The Hall–Kier alpha value is -1.27. The molecule has 6 heteroatoms. The Morgan fingerprint density at radius 2 is 2.05 bits per heavy atom. The van der Waals surface area contributed by atoms with E-state index in [0.717, 1.165) is 16.1 Å². The summed E-state index contributed by atoms with van der Waals surface area (Å²) >= 11 is 6.72.